The second-order valence-corrected chi connectivity index (χ2v) is 6.60. The molecule has 1 aliphatic rings. The number of fused-ring (bicyclic) bond motifs is 1. The van der Waals surface area contributed by atoms with Crippen molar-refractivity contribution >= 4 is 56.5 Å². The average molecular weight is 378 g/mol. The van der Waals surface area contributed by atoms with Crippen LogP contribution in [-0.2, 0) is 4.79 Å². The number of halogens is 2. The summed E-state index contributed by atoms with van der Waals surface area (Å²) in [4.78, 5) is 14.2. The van der Waals surface area contributed by atoms with Gasteiger partial charge in [-0.05, 0) is 51.8 Å². The first-order valence-corrected chi connectivity index (χ1v) is 7.92. The van der Waals surface area contributed by atoms with E-state index in [0.717, 1.165) is 27.0 Å². The van der Waals surface area contributed by atoms with E-state index in [-0.39, 0.29) is 5.91 Å². The van der Waals surface area contributed by atoms with Gasteiger partial charge in [0.1, 0.15) is 0 Å². The van der Waals surface area contributed by atoms with Crippen LogP contribution < -0.4 is 10.2 Å². The number of hydrogen-bond donors (Lipinski definition) is 1. The van der Waals surface area contributed by atoms with Crippen molar-refractivity contribution in [2.24, 2.45) is 0 Å². The Balaban J connectivity index is 2.03. The maximum atomic E-state index is 12.2. The van der Waals surface area contributed by atoms with Crippen LogP contribution >= 0.6 is 27.5 Å². The van der Waals surface area contributed by atoms with Crippen LogP contribution in [0.2, 0.25) is 5.02 Å². The molecule has 0 atom stereocenters. The molecule has 5 heteroatoms. The third kappa shape index (κ3) is 2.76. The molecule has 22 heavy (non-hydrogen) atoms. The molecule has 3 rings (SSSR count). The van der Waals surface area contributed by atoms with Gasteiger partial charge in [0.15, 0.2) is 0 Å². The fraction of sp³-hybridized carbons (Fsp3) is 0.118. The Morgan fingerprint density at radius 1 is 1.18 bits per heavy atom. The quantitative estimate of drug-likeness (QED) is 0.772. The topological polar surface area (TPSA) is 32.3 Å². The largest absolute Gasteiger partial charge is 0.377 e. The smallest absolute Gasteiger partial charge is 0.256 e. The van der Waals surface area contributed by atoms with Crippen molar-refractivity contribution in [2.45, 2.75) is 0 Å². The van der Waals surface area contributed by atoms with Crippen LogP contribution in [0.25, 0.3) is 11.6 Å². The van der Waals surface area contributed by atoms with Gasteiger partial charge < -0.3 is 10.2 Å². The molecule has 0 saturated carbocycles. The van der Waals surface area contributed by atoms with Crippen LogP contribution in [0.15, 0.2) is 40.9 Å². The molecule has 0 unspecified atom stereocenters. The van der Waals surface area contributed by atoms with Gasteiger partial charge in [-0.1, -0.05) is 23.7 Å². The summed E-state index contributed by atoms with van der Waals surface area (Å²) in [7, 11) is 3.98. The Hall–Kier alpha value is -1.78. The summed E-state index contributed by atoms with van der Waals surface area (Å²) in [5.74, 6) is -0.106. The molecule has 3 nitrogen and oxygen atoms in total. The minimum absolute atomic E-state index is 0.106. The Kier molecular flexibility index (Phi) is 3.98. The molecule has 1 aliphatic heterocycles. The van der Waals surface area contributed by atoms with Gasteiger partial charge in [0, 0.05) is 34.7 Å². The standard InChI is InChI=1S/C17H14BrClN2O/c1-21(2)16-6-3-10(8-14(16)18)7-13-12-5-4-11(19)9-15(12)20-17(13)22/h3-9H,1-2H3,(H,20,22)/b13-7+. The van der Waals surface area contributed by atoms with Crippen molar-refractivity contribution in [1.82, 2.24) is 0 Å². The summed E-state index contributed by atoms with van der Waals surface area (Å²) in [6.45, 7) is 0. The van der Waals surface area contributed by atoms with Crippen molar-refractivity contribution in [3.63, 3.8) is 0 Å². The van der Waals surface area contributed by atoms with Crippen molar-refractivity contribution in [3.8, 4) is 0 Å². The van der Waals surface area contributed by atoms with Crippen molar-refractivity contribution in [3.05, 3.63) is 57.0 Å². The van der Waals surface area contributed by atoms with Gasteiger partial charge in [-0.3, -0.25) is 4.79 Å². The first-order chi connectivity index (χ1) is 10.5. The Labute approximate surface area is 142 Å². The molecule has 2 aromatic carbocycles. The summed E-state index contributed by atoms with van der Waals surface area (Å²) in [6.07, 6.45) is 1.89. The normalized spacial score (nSPS) is 14.9. The summed E-state index contributed by atoms with van der Waals surface area (Å²) >= 11 is 9.53. The molecule has 1 amide bonds. The van der Waals surface area contributed by atoms with Gasteiger partial charge in [0.25, 0.3) is 5.91 Å². The average Bonchev–Trinajstić information content (AvgIpc) is 2.74. The number of nitrogens with zero attached hydrogens (tertiary/aromatic N) is 1. The second kappa shape index (κ2) is 5.78. The zero-order valence-corrected chi connectivity index (χ0v) is 14.5. The maximum Gasteiger partial charge on any atom is 0.256 e. The van der Waals surface area contributed by atoms with E-state index in [2.05, 4.69) is 21.2 Å². The van der Waals surface area contributed by atoms with Gasteiger partial charge in [-0.2, -0.15) is 0 Å². The minimum Gasteiger partial charge on any atom is -0.377 e. The highest BCUT2D eigenvalue weighted by atomic mass is 79.9. The van der Waals surface area contributed by atoms with E-state index < -0.39 is 0 Å². The predicted molar refractivity (Wildman–Crippen MR) is 96.4 cm³/mol. The van der Waals surface area contributed by atoms with Gasteiger partial charge in [0.05, 0.1) is 11.4 Å². The van der Waals surface area contributed by atoms with E-state index in [1.54, 1.807) is 12.1 Å². The SMILES string of the molecule is CN(C)c1ccc(/C=C2/C(=O)Nc3cc(Cl)ccc32)cc1Br. The van der Waals surface area contributed by atoms with Crippen LogP contribution in [0.5, 0.6) is 0 Å². The summed E-state index contributed by atoms with van der Waals surface area (Å²) in [5.41, 5.74) is 4.33. The highest BCUT2D eigenvalue weighted by molar-refractivity contribution is 9.10. The fourth-order valence-electron chi connectivity index (χ4n) is 2.45. The van der Waals surface area contributed by atoms with Crippen LogP contribution in [0.4, 0.5) is 11.4 Å². The van der Waals surface area contributed by atoms with Gasteiger partial charge in [-0.15, -0.1) is 0 Å². The Morgan fingerprint density at radius 3 is 2.64 bits per heavy atom. The van der Waals surface area contributed by atoms with Crippen molar-refractivity contribution in [1.29, 1.82) is 0 Å². The zero-order valence-electron chi connectivity index (χ0n) is 12.2. The molecule has 1 heterocycles. The molecule has 0 radical (unpaired) electrons. The third-order valence-corrected chi connectivity index (χ3v) is 4.40. The number of benzene rings is 2. The third-order valence-electron chi connectivity index (χ3n) is 3.53. The summed E-state index contributed by atoms with van der Waals surface area (Å²) in [5, 5.41) is 3.45. The van der Waals surface area contributed by atoms with E-state index in [9.17, 15) is 4.79 Å². The minimum atomic E-state index is -0.106. The lowest BCUT2D eigenvalue weighted by molar-refractivity contribution is -0.110. The van der Waals surface area contributed by atoms with Crippen LogP contribution in [0, 0.1) is 0 Å². The number of carbonyl (C=O) groups excluding carboxylic acids is 1. The summed E-state index contributed by atoms with van der Waals surface area (Å²) < 4.78 is 0.988. The lowest BCUT2D eigenvalue weighted by Gasteiger charge is -2.14. The number of nitrogens with one attached hydrogen (secondary N) is 1. The van der Waals surface area contributed by atoms with Crippen molar-refractivity contribution in [2.75, 3.05) is 24.3 Å². The zero-order chi connectivity index (χ0) is 15.9. The fourth-order valence-corrected chi connectivity index (χ4v) is 3.38. The molecule has 0 fully saturated rings. The first-order valence-electron chi connectivity index (χ1n) is 6.75. The van der Waals surface area contributed by atoms with E-state index in [0.29, 0.717) is 10.6 Å². The molecule has 1 N–H and O–H groups in total. The predicted octanol–water partition coefficient (Wildman–Crippen LogP) is 4.66. The van der Waals surface area contributed by atoms with E-state index in [1.807, 2.05) is 49.3 Å². The molecule has 2 aromatic rings. The number of hydrogen-bond acceptors (Lipinski definition) is 2. The van der Waals surface area contributed by atoms with Crippen LogP contribution in [-0.4, -0.2) is 20.0 Å². The van der Waals surface area contributed by atoms with E-state index in [1.165, 1.54) is 0 Å². The molecule has 0 aromatic heterocycles. The number of anilines is 2. The lowest BCUT2D eigenvalue weighted by Crippen LogP contribution is -2.09. The monoisotopic (exact) mass is 376 g/mol. The van der Waals surface area contributed by atoms with E-state index >= 15 is 0 Å². The van der Waals surface area contributed by atoms with Crippen LogP contribution in [0.3, 0.4) is 0 Å². The van der Waals surface area contributed by atoms with Crippen LogP contribution in [0.1, 0.15) is 11.1 Å². The van der Waals surface area contributed by atoms with E-state index in [4.69, 9.17) is 11.6 Å². The van der Waals surface area contributed by atoms with Gasteiger partial charge >= 0.3 is 0 Å². The van der Waals surface area contributed by atoms with Crippen molar-refractivity contribution < 1.29 is 4.79 Å². The highest BCUT2D eigenvalue weighted by Crippen LogP contribution is 2.35. The molecule has 0 spiro atoms. The molecular formula is C17H14BrClN2O. The molecule has 112 valence electrons. The van der Waals surface area contributed by atoms with Gasteiger partial charge in [-0.25, -0.2) is 0 Å². The highest BCUT2D eigenvalue weighted by Gasteiger charge is 2.24. The number of amides is 1. The second-order valence-electron chi connectivity index (χ2n) is 5.31. The first kappa shape index (κ1) is 15.1. The number of rotatable bonds is 2. The molecule has 0 bridgehead atoms. The Bertz CT molecular complexity index is 799. The lowest BCUT2D eigenvalue weighted by atomic mass is 10.0. The molecule has 0 aliphatic carbocycles. The number of carbonyl (C=O) groups is 1. The Morgan fingerprint density at radius 2 is 1.95 bits per heavy atom. The summed E-state index contributed by atoms with van der Waals surface area (Å²) in [6, 6.07) is 11.4. The molecule has 0 saturated heterocycles. The molecular weight excluding hydrogens is 364 g/mol. The maximum absolute atomic E-state index is 12.2. The van der Waals surface area contributed by atoms with Gasteiger partial charge in [0.2, 0.25) is 0 Å².